The number of aromatic nitrogens is 2. The Hall–Kier alpha value is -4.00. The zero-order chi connectivity index (χ0) is 25.3. The minimum atomic E-state index is -0.149. The number of hydrogen-bond acceptors (Lipinski definition) is 5. The summed E-state index contributed by atoms with van der Waals surface area (Å²) in [7, 11) is 1.64. The summed E-state index contributed by atoms with van der Waals surface area (Å²) in [4.78, 5) is 17.2. The molecule has 0 aliphatic rings. The molecule has 1 amide bonds. The predicted octanol–water partition coefficient (Wildman–Crippen LogP) is 4.87. The van der Waals surface area contributed by atoms with Gasteiger partial charge in [0, 0.05) is 19.5 Å². The number of para-hydroxylation sites is 4. The maximum Gasteiger partial charge on any atom is 0.257 e. The molecule has 7 heteroatoms. The number of rotatable bonds is 12. The number of ether oxygens (including phenoxy) is 3. The number of carbonyl (C=O) groups is 1. The highest BCUT2D eigenvalue weighted by Crippen LogP contribution is 2.26. The fraction of sp³-hybridized carbons (Fsp3) is 0.310. The number of carbonyl (C=O) groups excluding carboxylic acids is 1. The molecule has 3 aromatic carbocycles. The summed E-state index contributed by atoms with van der Waals surface area (Å²) in [6.07, 6.45) is 1.43. The third-order valence-corrected chi connectivity index (χ3v) is 5.96. The fourth-order valence-corrected chi connectivity index (χ4v) is 4.08. The predicted molar refractivity (Wildman–Crippen MR) is 141 cm³/mol. The van der Waals surface area contributed by atoms with Crippen LogP contribution in [0.4, 0.5) is 0 Å². The van der Waals surface area contributed by atoms with E-state index in [2.05, 4.69) is 16.0 Å². The number of nitrogens with zero attached hydrogens (tertiary/aromatic N) is 2. The maximum absolute atomic E-state index is 12.4. The Balaban J connectivity index is 1.31. The number of fused-ring (bicyclic) bond motifs is 1. The minimum absolute atomic E-state index is 0.0129. The molecular weight excluding hydrogens is 454 g/mol. The highest BCUT2D eigenvalue weighted by Gasteiger charge is 2.12. The van der Waals surface area contributed by atoms with Gasteiger partial charge >= 0.3 is 0 Å². The van der Waals surface area contributed by atoms with E-state index in [0.29, 0.717) is 19.6 Å². The van der Waals surface area contributed by atoms with Gasteiger partial charge in [0.1, 0.15) is 11.6 Å². The number of benzene rings is 3. The van der Waals surface area contributed by atoms with Gasteiger partial charge in [-0.25, -0.2) is 4.98 Å². The third-order valence-electron chi connectivity index (χ3n) is 5.96. The Kier molecular flexibility index (Phi) is 8.44. The lowest BCUT2D eigenvalue weighted by atomic mass is 10.1. The molecule has 0 saturated heterocycles. The third kappa shape index (κ3) is 6.36. The Bertz CT molecular complexity index is 1320. The van der Waals surface area contributed by atoms with Crippen molar-refractivity contribution in [3.8, 4) is 17.2 Å². The van der Waals surface area contributed by atoms with Gasteiger partial charge in [0.05, 0.1) is 24.8 Å². The van der Waals surface area contributed by atoms with Crippen LogP contribution in [0.1, 0.15) is 23.4 Å². The molecule has 1 N–H and O–H groups in total. The Morgan fingerprint density at radius 1 is 0.944 bits per heavy atom. The van der Waals surface area contributed by atoms with Crippen molar-refractivity contribution in [1.29, 1.82) is 0 Å². The molecule has 0 unspecified atom stereocenters. The van der Waals surface area contributed by atoms with E-state index in [0.717, 1.165) is 58.2 Å². The second-order valence-corrected chi connectivity index (χ2v) is 8.68. The first kappa shape index (κ1) is 25.1. The van der Waals surface area contributed by atoms with E-state index in [4.69, 9.17) is 19.2 Å². The van der Waals surface area contributed by atoms with E-state index >= 15 is 0 Å². The van der Waals surface area contributed by atoms with Crippen molar-refractivity contribution >= 4 is 16.9 Å². The van der Waals surface area contributed by atoms with Crippen LogP contribution in [0.3, 0.4) is 0 Å². The Morgan fingerprint density at radius 2 is 1.72 bits per heavy atom. The van der Waals surface area contributed by atoms with Crippen LogP contribution in [0, 0.1) is 13.8 Å². The largest absolute Gasteiger partial charge is 0.493 e. The summed E-state index contributed by atoms with van der Waals surface area (Å²) in [6.45, 7) is 5.76. The van der Waals surface area contributed by atoms with Crippen LogP contribution >= 0.6 is 0 Å². The van der Waals surface area contributed by atoms with Crippen molar-refractivity contribution in [2.75, 3.05) is 26.9 Å². The van der Waals surface area contributed by atoms with Crippen LogP contribution in [0.25, 0.3) is 11.0 Å². The first-order valence-electron chi connectivity index (χ1n) is 12.2. The summed E-state index contributed by atoms with van der Waals surface area (Å²) in [5, 5.41) is 2.95. The average Bonchev–Trinajstić information content (AvgIpc) is 3.24. The topological polar surface area (TPSA) is 74.6 Å². The van der Waals surface area contributed by atoms with Crippen molar-refractivity contribution in [1.82, 2.24) is 14.9 Å². The van der Waals surface area contributed by atoms with E-state index in [1.54, 1.807) is 7.11 Å². The monoisotopic (exact) mass is 487 g/mol. The molecule has 0 atom stereocenters. The SMILES string of the molecule is COc1ccccc1OCCCn1c(CCNC(=O)COc2cc(C)ccc2C)nc2ccccc21. The minimum Gasteiger partial charge on any atom is -0.493 e. The van der Waals surface area contributed by atoms with Crippen LogP contribution in [-0.4, -0.2) is 42.3 Å². The summed E-state index contributed by atoms with van der Waals surface area (Å²) in [5.41, 5.74) is 4.14. The number of imidazole rings is 1. The molecule has 0 radical (unpaired) electrons. The number of aryl methyl sites for hydroxylation is 3. The zero-order valence-electron chi connectivity index (χ0n) is 21.1. The number of amides is 1. The van der Waals surface area contributed by atoms with Crippen LogP contribution in [-0.2, 0) is 17.8 Å². The molecule has 0 aliphatic carbocycles. The van der Waals surface area contributed by atoms with E-state index in [9.17, 15) is 4.79 Å². The quantitative estimate of drug-likeness (QED) is 0.289. The van der Waals surface area contributed by atoms with Gasteiger partial charge in [0.2, 0.25) is 0 Å². The first-order valence-corrected chi connectivity index (χ1v) is 12.2. The van der Waals surface area contributed by atoms with Crippen LogP contribution in [0.5, 0.6) is 17.2 Å². The molecule has 1 aromatic heterocycles. The molecule has 0 saturated carbocycles. The molecule has 36 heavy (non-hydrogen) atoms. The van der Waals surface area contributed by atoms with Gasteiger partial charge in [0.15, 0.2) is 18.1 Å². The molecule has 0 fully saturated rings. The molecule has 0 aliphatic heterocycles. The summed E-state index contributed by atoms with van der Waals surface area (Å²) >= 11 is 0. The van der Waals surface area contributed by atoms with Gasteiger partial charge < -0.3 is 24.1 Å². The van der Waals surface area contributed by atoms with Gasteiger partial charge in [-0.3, -0.25) is 4.79 Å². The molecule has 0 bridgehead atoms. The van der Waals surface area contributed by atoms with Crippen LogP contribution < -0.4 is 19.5 Å². The Labute approximate surface area is 212 Å². The first-order chi connectivity index (χ1) is 17.5. The maximum atomic E-state index is 12.4. The van der Waals surface area contributed by atoms with Gasteiger partial charge in [0.25, 0.3) is 5.91 Å². The van der Waals surface area contributed by atoms with E-state index in [-0.39, 0.29) is 12.5 Å². The van der Waals surface area contributed by atoms with E-state index in [1.807, 2.05) is 74.5 Å². The zero-order valence-corrected chi connectivity index (χ0v) is 21.1. The lowest BCUT2D eigenvalue weighted by Gasteiger charge is -2.13. The summed E-state index contributed by atoms with van der Waals surface area (Å²) in [6, 6.07) is 21.7. The normalized spacial score (nSPS) is 10.9. The van der Waals surface area contributed by atoms with E-state index in [1.165, 1.54) is 0 Å². The van der Waals surface area contributed by atoms with Crippen molar-refractivity contribution < 1.29 is 19.0 Å². The van der Waals surface area contributed by atoms with E-state index < -0.39 is 0 Å². The van der Waals surface area contributed by atoms with Gasteiger partial charge in [-0.15, -0.1) is 0 Å². The van der Waals surface area contributed by atoms with Crippen molar-refractivity contribution in [3.63, 3.8) is 0 Å². The van der Waals surface area contributed by atoms with Crippen LogP contribution in [0.2, 0.25) is 0 Å². The molecule has 4 rings (SSSR count). The van der Waals surface area contributed by atoms with Crippen molar-refractivity contribution in [2.24, 2.45) is 0 Å². The highest BCUT2D eigenvalue weighted by molar-refractivity contribution is 5.78. The van der Waals surface area contributed by atoms with Crippen molar-refractivity contribution in [3.05, 3.63) is 83.7 Å². The fourth-order valence-electron chi connectivity index (χ4n) is 4.08. The Morgan fingerprint density at radius 3 is 2.56 bits per heavy atom. The second-order valence-electron chi connectivity index (χ2n) is 8.68. The molecular formula is C29H33N3O4. The van der Waals surface area contributed by atoms with Gasteiger partial charge in [-0.05, 0) is 61.7 Å². The summed E-state index contributed by atoms with van der Waals surface area (Å²) in [5.74, 6) is 2.99. The smallest absolute Gasteiger partial charge is 0.257 e. The average molecular weight is 488 g/mol. The standard InChI is InChI=1S/C29H33N3O4/c1-21-13-14-22(2)27(19-21)36-20-29(33)30-16-15-28-31-23-9-4-5-10-24(23)32(28)17-8-18-35-26-12-7-6-11-25(26)34-3/h4-7,9-14,19H,8,15-18,20H2,1-3H3,(H,30,33). The lowest BCUT2D eigenvalue weighted by Crippen LogP contribution is -2.31. The van der Waals surface area contributed by atoms with Crippen LogP contribution in [0.15, 0.2) is 66.7 Å². The molecule has 4 aromatic rings. The highest BCUT2D eigenvalue weighted by atomic mass is 16.5. The molecule has 188 valence electrons. The molecule has 1 heterocycles. The lowest BCUT2D eigenvalue weighted by molar-refractivity contribution is -0.123. The van der Waals surface area contributed by atoms with Gasteiger partial charge in [-0.2, -0.15) is 0 Å². The molecule has 7 nitrogen and oxygen atoms in total. The second kappa shape index (κ2) is 12.1. The number of hydrogen-bond donors (Lipinski definition) is 1. The summed E-state index contributed by atoms with van der Waals surface area (Å²) < 4.78 is 19.2. The number of nitrogens with one attached hydrogen (secondary N) is 1. The molecule has 0 spiro atoms. The van der Waals surface area contributed by atoms with Gasteiger partial charge in [-0.1, -0.05) is 36.4 Å². The number of methoxy groups -OCH3 is 1. The van der Waals surface area contributed by atoms with Crippen molar-refractivity contribution in [2.45, 2.75) is 33.2 Å².